The van der Waals surface area contributed by atoms with E-state index < -0.39 is 9.84 Å². The van der Waals surface area contributed by atoms with Gasteiger partial charge in [0.2, 0.25) is 15.8 Å². The third kappa shape index (κ3) is 18.0. The highest BCUT2D eigenvalue weighted by atomic mass is 35.5. The molecule has 6 saturated heterocycles. The van der Waals surface area contributed by atoms with E-state index in [4.69, 9.17) is 57.1 Å². The number of ether oxygens (including phenoxy) is 4. The molecule has 0 bridgehead atoms. The maximum absolute atomic E-state index is 12.2. The molecule has 4 aromatic heterocycles. The van der Waals surface area contributed by atoms with Crippen LogP contribution in [-0.4, -0.2) is 308 Å². The minimum Gasteiger partial charge on any atom is -0.379 e. The van der Waals surface area contributed by atoms with Crippen LogP contribution < -0.4 is 31.5 Å². The number of rotatable bonds is 18. The van der Waals surface area contributed by atoms with E-state index in [1.807, 2.05) is 0 Å². The van der Waals surface area contributed by atoms with Crippen molar-refractivity contribution in [1.82, 2.24) is 74.6 Å². The number of likely N-dealkylation sites (N-methyl/N-ethyl adjacent to an activating group) is 2. The molecule has 0 aliphatic carbocycles. The second-order valence-electron chi connectivity index (χ2n) is 19.4. The maximum atomic E-state index is 12.2. The predicted molar refractivity (Wildman–Crippen MR) is 296 cm³/mol. The van der Waals surface area contributed by atoms with E-state index in [-0.39, 0.29) is 16.0 Å². The van der Waals surface area contributed by atoms with Crippen molar-refractivity contribution in [3.63, 3.8) is 0 Å². The van der Waals surface area contributed by atoms with Gasteiger partial charge in [0.05, 0.1) is 52.9 Å². The Balaban J connectivity index is 0.000000179. The number of sulfone groups is 1. The lowest BCUT2D eigenvalue weighted by Gasteiger charge is -2.32. The zero-order valence-electron chi connectivity index (χ0n) is 44.4. The molecule has 0 atom stereocenters. The third-order valence-corrected chi connectivity index (χ3v) is 15.1. The minimum absolute atomic E-state index is 0.164. The molecule has 6 fully saturated rings. The quantitative estimate of drug-likeness (QED) is 0.0809. The van der Waals surface area contributed by atoms with E-state index in [9.17, 15) is 8.42 Å². The number of piperazine rings is 2. The highest BCUT2D eigenvalue weighted by Gasteiger charge is 2.23. The van der Waals surface area contributed by atoms with Crippen LogP contribution in [0, 0.1) is 0 Å². The molecule has 6 aliphatic heterocycles. The summed E-state index contributed by atoms with van der Waals surface area (Å²) in [6.07, 6.45) is 1.07. The van der Waals surface area contributed by atoms with Crippen molar-refractivity contribution in [1.29, 1.82) is 0 Å². The molecule has 0 saturated carbocycles. The van der Waals surface area contributed by atoms with Gasteiger partial charge in [-0.1, -0.05) is 23.2 Å². The average Bonchev–Trinajstić information content (AvgIpc) is 3.45. The SMILES string of the molecule is CN1CCN(c2nc(NCCN3CCOCC3)c3nc(Cl)c(NCCN4CCOCC4)nc3n2)CC1.CN1CCNCC1.CS(=O)(=O)c1nc(NCCN2CCOCC2)c2nc(Cl)c(NCCN3CCOCC3)nc2n1. The maximum Gasteiger partial charge on any atom is 0.250 e. The molecular weight excluding hydrogens is 1040 g/mol. The number of hydrogen-bond donors (Lipinski definition) is 5. The average molecular weight is 1120 g/mol. The molecule has 29 heteroatoms. The fraction of sp³-hybridized carbons (Fsp3) is 0.745. The van der Waals surface area contributed by atoms with Crippen molar-refractivity contribution in [2.24, 2.45) is 0 Å². The van der Waals surface area contributed by atoms with Gasteiger partial charge in [0.15, 0.2) is 55.9 Å². The second kappa shape index (κ2) is 29.8. The monoisotopic (exact) mass is 1120 g/mol. The topological polar surface area (TPSA) is 257 Å². The van der Waals surface area contributed by atoms with Gasteiger partial charge >= 0.3 is 0 Å². The molecule has 5 N–H and O–H groups in total. The third-order valence-electron chi connectivity index (χ3n) is 13.7. The minimum atomic E-state index is -3.65. The Kier molecular flexibility index (Phi) is 22.8. The number of anilines is 5. The Morgan fingerprint density at radius 3 is 1.21 bits per heavy atom. The molecule has 0 spiro atoms. The summed E-state index contributed by atoms with van der Waals surface area (Å²) in [6, 6.07) is 0. The summed E-state index contributed by atoms with van der Waals surface area (Å²) in [5, 5.41) is 16.7. The molecule has 4 aromatic rings. The van der Waals surface area contributed by atoms with Crippen LogP contribution in [0.3, 0.4) is 0 Å². The summed E-state index contributed by atoms with van der Waals surface area (Å²) in [5.74, 6) is 2.56. The predicted octanol–water partition coefficient (Wildman–Crippen LogP) is -0.201. The number of morpholine rings is 4. The largest absolute Gasteiger partial charge is 0.379 e. The van der Waals surface area contributed by atoms with Gasteiger partial charge in [-0.25, -0.2) is 28.4 Å². The lowest BCUT2D eigenvalue weighted by atomic mass is 10.3. The van der Waals surface area contributed by atoms with E-state index in [1.165, 1.54) is 13.1 Å². The summed E-state index contributed by atoms with van der Waals surface area (Å²) in [4.78, 5) is 52.5. The molecule has 26 nitrogen and oxygen atoms in total. The standard InChI is InChI=1S/C23H37ClN10O2.C19H29ClN8O4S.C5H12N2/c1-31-6-8-34(9-7-31)23-29-20(25-2-4-32-10-14-35-15-11-32)18-21(30-23)28-22(19(24)27-18)26-3-5-33-12-16-36-17-13-33;1-33(29,30)19-25-16(21-2-4-27-6-10-31-11-7-27)14-17(26-19)24-18(15(20)23-14)22-3-5-28-8-12-32-13-9-28;1-7-4-2-6-3-5-7/h2-17H2,1H3,(H2,25,26,28,29,30);2-13H2,1H3,(H2,21,22,24,25,26);6H,2-5H2,1H3. The lowest BCUT2D eigenvalue weighted by Crippen LogP contribution is -2.45. The van der Waals surface area contributed by atoms with Crippen LogP contribution in [0.5, 0.6) is 0 Å². The van der Waals surface area contributed by atoms with E-state index in [0.29, 0.717) is 77.4 Å². The van der Waals surface area contributed by atoms with E-state index in [2.05, 4.69) is 99.9 Å². The summed E-state index contributed by atoms with van der Waals surface area (Å²) >= 11 is 13.0. The lowest BCUT2D eigenvalue weighted by molar-refractivity contribution is 0.0398. The molecule has 10 heterocycles. The van der Waals surface area contributed by atoms with Crippen molar-refractivity contribution < 1.29 is 27.4 Å². The Morgan fingerprint density at radius 2 is 0.829 bits per heavy atom. The van der Waals surface area contributed by atoms with E-state index in [1.54, 1.807) is 0 Å². The summed E-state index contributed by atoms with van der Waals surface area (Å²) in [7, 11) is 0.646. The van der Waals surface area contributed by atoms with Crippen molar-refractivity contribution in [3.8, 4) is 0 Å². The number of aromatic nitrogens is 8. The van der Waals surface area contributed by atoms with Gasteiger partial charge in [-0.05, 0) is 14.1 Å². The summed E-state index contributed by atoms with van der Waals surface area (Å²) < 4.78 is 46.0. The molecule has 76 heavy (non-hydrogen) atoms. The molecule has 6 aliphatic rings. The first-order chi connectivity index (χ1) is 36.9. The zero-order valence-corrected chi connectivity index (χ0v) is 46.8. The fourth-order valence-electron chi connectivity index (χ4n) is 9.01. The number of halogens is 2. The van der Waals surface area contributed by atoms with E-state index in [0.717, 1.165) is 177 Å². The first-order valence-corrected chi connectivity index (χ1v) is 29.3. The van der Waals surface area contributed by atoms with Crippen LogP contribution in [0.4, 0.5) is 29.2 Å². The highest BCUT2D eigenvalue weighted by Crippen LogP contribution is 2.28. The summed E-state index contributed by atoms with van der Waals surface area (Å²) in [5.41, 5.74) is 1.63. The van der Waals surface area contributed by atoms with E-state index >= 15 is 0 Å². The first-order valence-electron chi connectivity index (χ1n) is 26.6. The number of hydrogen-bond acceptors (Lipinski definition) is 26. The first kappa shape index (κ1) is 58.1. The number of nitrogens with zero attached hydrogens (tertiary/aromatic N) is 15. The number of fused-ring (bicyclic) bond motifs is 2. The highest BCUT2D eigenvalue weighted by molar-refractivity contribution is 7.90. The Morgan fingerprint density at radius 1 is 0.461 bits per heavy atom. The summed E-state index contributed by atoms with van der Waals surface area (Å²) in [6.45, 7) is 27.7. The number of nitrogens with one attached hydrogen (secondary N) is 5. The Labute approximate surface area is 456 Å². The van der Waals surface area contributed by atoms with Crippen LogP contribution in [-0.2, 0) is 28.8 Å². The van der Waals surface area contributed by atoms with Gasteiger partial charge in [0.25, 0.3) is 5.16 Å². The van der Waals surface area contributed by atoms with Gasteiger partial charge in [-0.2, -0.15) is 19.9 Å². The van der Waals surface area contributed by atoms with Crippen LogP contribution in [0.15, 0.2) is 5.16 Å². The molecule has 0 radical (unpaired) electrons. The van der Waals surface area contributed by atoms with Gasteiger partial charge < -0.3 is 60.2 Å². The Hall–Kier alpha value is -4.07. The van der Waals surface area contributed by atoms with Crippen LogP contribution in [0.2, 0.25) is 10.3 Å². The van der Waals surface area contributed by atoms with Crippen molar-refractivity contribution >= 4 is 84.6 Å². The van der Waals surface area contributed by atoms with Crippen LogP contribution in [0.1, 0.15) is 0 Å². The molecule has 0 unspecified atom stereocenters. The molecule has 0 amide bonds. The van der Waals surface area contributed by atoms with Gasteiger partial charge in [-0.3, -0.25) is 19.6 Å². The van der Waals surface area contributed by atoms with Gasteiger partial charge in [0, 0.05) is 163 Å². The molecular formula is C47H78Cl2N20O6S. The van der Waals surface area contributed by atoms with Crippen LogP contribution >= 0.6 is 23.2 Å². The van der Waals surface area contributed by atoms with Crippen molar-refractivity contribution in [2.45, 2.75) is 5.16 Å². The van der Waals surface area contributed by atoms with Crippen molar-refractivity contribution in [3.05, 3.63) is 10.3 Å². The van der Waals surface area contributed by atoms with Gasteiger partial charge in [0.1, 0.15) is 0 Å². The van der Waals surface area contributed by atoms with Crippen LogP contribution in [0.25, 0.3) is 22.3 Å². The fourth-order valence-corrected chi connectivity index (χ4v) is 9.91. The smallest absolute Gasteiger partial charge is 0.250 e. The molecule has 10 rings (SSSR count). The molecule has 422 valence electrons. The Bertz CT molecular complexity index is 2530. The second-order valence-corrected chi connectivity index (χ2v) is 22.1. The van der Waals surface area contributed by atoms with Crippen molar-refractivity contribution in [2.75, 3.05) is 256 Å². The van der Waals surface area contributed by atoms with Gasteiger partial charge in [-0.15, -0.1) is 0 Å². The normalized spacial score (nSPS) is 20.1. The molecule has 0 aromatic carbocycles. The zero-order chi connectivity index (χ0) is 53.1.